The fraction of sp³-hybridized carbons (Fsp3) is 0.438. The summed E-state index contributed by atoms with van der Waals surface area (Å²) >= 11 is 0. The molecule has 0 heterocycles. The van der Waals surface area contributed by atoms with E-state index >= 15 is 0 Å². The quantitative estimate of drug-likeness (QED) is 0.644. The molecule has 0 aliphatic rings. The molecule has 0 radical (unpaired) electrons. The van der Waals surface area contributed by atoms with Crippen molar-refractivity contribution < 1.29 is 19.3 Å². The molecular weight excluding hydrogens is 270 g/mol. The van der Waals surface area contributed by atoms with E-state index in [-0.39, 0.29) is 0 Å². The molecule has 0 spiro atoms. The monoisotopic (exact) mass is 291 g/mol. The first kappa shape index (κ1) is 16.9. The molecule has 0 bridgehead atoms. The SMILES string of the molecule is COC=C(C#N)Cc1cc(OC)c(C(C)(C)O)c(OC)c1. The minimum absolute atomic E-state index is 0.392. The maximum absolute atomic E-state index is 10.3. The van der Waals surface area contributed by atoms with Crippen molar-refractivity contribution in [2.45, 2.75) is 25.9 Å². The van der Waals surface area contributed by atoms with Gasteiger partial charge in [0.1, 0.15) is 11.5 Å². The Kier molecular flexibility index (Phi) is 5.62. The van der Waals surface area contributed by atoms with Crippen molar-refractivity contribution in [3.8, 4) is 17.6 Å². The molecule has 1 aromatic rings. The first-order valence-electron chi connectivity index (χ1n) is 6.47. The van der Waals surface area contributed by atoms with E-state index in [1.807, 2.05) is 0 Å². The smallest absolute Gasteiger partial charge is 0.128 e. The van der Waals surface area contributed by atoms with Gasteiger partial charge >= 0.3 is 0 Å². The molecule has 0 aliphatic heterocycles. The highest BCUT2D eigenvalue weighted by Crippen LogP contribution is 2.39. The summed E-state index contributed by atoms with van der Waals surface area (Å²) in [5, 5.41) is 19.3. The molecule has 5 heteroatoms. The molecule has 1 rings (SSSR count). The number of ether oxygens (including phenoxy) is 3. The van der Waals surface area contributed by atoms with Crippen LogP contribution >= 0.6 is 0 Å². The summed E-state index contributed by atoms with van der Waals surface area (Å²) in [6, 6.07) is 5.65. The number of benzene rings is 1. The molecule has 0 saturated carbocycles. The Morgan fingerprint density at radius 2 is 1.76 bits per heavy atom. The first-order valence-corrected chi connectivity index (χ1v) is 6.47. The third-order valence-electron chi connectivity index (χ3n) is 2.98. The van der Waals surface area contributed by atoms with Gasteiger partial charge in [-0.15, -0.1) is 0 Å². The maximum atomic E-state index is 10.3. The lowest BCUT2D eigenvalue weighted by atomic mass is 9.93. The molecule has 0 amide bonds. The van der Waals surface area contributed by atoms with Crippen molar-refractivity contribution in [3.05, 3.63) is 35.1 Å². The molecule has 0 atom stereocenters. The second-order valence-electron chi connectivity index (χ2n) is 5.10. The van der Waals surface area contributed by atoms with Crippen LogP contribution in [0.2, 0.25) is 0 Å². The van der Waals surface area contributed by atoms with Gasteiger partial charge in [0.05, 0.1) is 50.4 Å². The fourth-order valence-corrected chi connectivity index (χ4v) is 2.14. The molecule has 0 unspecified atom stereocenters. The van der Waals surface area contributed by atoms with Gasteiger partial charge in [0, 0.05) is 6.42 Å². The fourth-order valence-electron chi connectivity index (χ4n) is 2.14. The summed E-state index contributed by atoms with van der Waals surface area (Å²) in [7, 11) is 4.56. The summed E-state index contributed by atoms with van der Waals surface area (Å²) in [4.78, 5) is 0. The van der Waals surface area contributed by atoms with Gasteiger partial charge in [-0.25, -0.2) is 0 Å². The average molecular weight is 291 g/mol. The maximum Gasteiger partial charge on any atom is 0.128 e. The van der Waals surface area contributed by atoms with Crippen molar-refractivity contribution >= 4 is 0 Å². The standard InChI is InChI=1S/C16H21NO4/c1-16(2,18)15-13(20-4)7-11(8-14(15)21-5)6-12(9-17)10-19-3/h7-8,10,18H,6H2,1-5H3. The summed E-state index contributed by atoms with van der Waals surface area (Å²) in [6.45, 7) is 3.33. The zero-order chi connectivity index (χ0) is 16.0. The van der Waals surface area contributed by atoms with Gasteiger partial charge in [0.25, 0.3) is 0 Å². The molecule has 21 heavy (non-hydrogen) atoms. The van der Waals surface area contributed by atoms with Crippen molar-refractivity contribution in [2.75, 3.05) is 21.3 Å². The van der Waals surface area contributed by atoms with Gasteiger partial charge in [-0.1, -0.05) is 0 Å². The van der Waals surface area contributed by atoms with Crippen LogP contribution in [0, 0.1) is 11.3 Å². The van der Waals surface area contributed by atoms with E-state index in [9.17, 15) is 5.11 Å². The minimum Gasteiger partial charge on any atom is -0.503 e. The summed E-state index contributed by atoms with van der Waals surface area (Å²) < 4.78 is 15.6. The number of rotatable bonds is 6. The Balaban J connectivity index is 3.34. The van der Waals surface area contributed by atoms with Crippen molar-refractivity contribution in [2.24, 2.45) is 0 Å². The van der Waals surface area contributed by atoms with Crippen LogP contribution in [0.5, 0.6) is 11.5 Å². The van der Waals surface area contributed by atoms with Crippen molar-refractivity contribution in [3.63, 3.8) is 0 Å². The molecule has 0 aliphatic carbocycles. The van der Waals surface area contributed by atoms with Crippen LogP contribution in [0.25, 0.3) is 0 Å². The van der Waals surface area contributed by atoms with Crippen LogP contribution in [-0.4, -0.2) is 26.4 Å². The first-order chi connectivity index (χ1) is 9.87. The third kappa shape index (κ3) is 4.14. The molecule has 5 nitrogen and oxygen atoms in total. The molecule has 1 aromatic carbocycles. The van der Waals surface area contributed by atoms with E-state index in [0.29, 0.717) is 29.1 Å². The van der Waals surface area contributed by atoms with Crippen LogP contribution in [-0.2, 0) is 16.8 Å². The van der Waals surface area contributed by atoms with Gasteiger partial charge in [0.2, 0.25) is 0 Å². The van der Waals surface area contributed by atoms with Gasteiger partial charge < -0.3 is 19.3 Å². The van der Waals surface area contributed by atoms with Crippen LogP contribution in [0.4, 0.5) is 0 Å². The topological polar surface area (TPSA) is 71.7 Å². The van der Waals surface area contributed by atoms with E-state index in [1.54, 1.807) is 26.0 Å². The summed E-state index contributed by atoms with van der Waals surface area (Å²) in [5.41, 5.74) is 0.792. The number of nitriles is 1. The highest BCUT2D eigenvalue weighted by molar-refractivity contribution is 5.52. The molecule has 0 aromatic heterocycles. The minimum atomic E-state index is -1.10. The average Bonchev–Trinajstić information content (AvgIpc) is 2.44. The number of hydrogen-bond donors (Lipinski definition) is 1. The Morgan fingerprint density at radius 3 is 2.10 bits per heavy atom. The van der Waals surface area contributed by atoms with Crippen LogP contribution in [0.3, 0.4) is 0 Å². The van der Waals surface area contributed by atoms with Gasteiger partial charge in [-0.05, 0) is 31.5 Å². The van der Waals surface area contributed by atoms with E-state index in [0.717, 1.165) is 5.56 Å². The van der Waals surface area contributed by atoms with Crippen LogP contribution in [0.1, 0.15) is 25.0 Å². The lowest BCUT2D eigenvalue weighted by Crippen LogP contribution is -2.18. The van der Waals surface area contributed by atoms with E-state index in [4.69, 9.17) is 19.5 Å². The number of nitrogens with zero attached hydrogens (tertiary/aromatic N) is 1. The number of aliphatic hydroxyl groups is 1. The predicted octanol–water partition coefficient (Wildman–Crippen LogP) is 2.53. The van der Waals surface area contributed by atoms with Crippen molar-refractivity contribution in [1.82, 2.24) is 0 Å². The van der Waals surface area contributed by atoms with Gasteiger partial charge in [-0.2, -0.15) is 5.26 Å². The number of hydrogen-bond acceptors (Lipinski definition) is 5. The highest BCUT2D eigenvalue weighted by Gasteiger charge is 2.26. The second kappa shape index (κ2) is 7.00. The third-order valence-corrected chi connectivity index (χ3v) is 2.98. The largest absolute Gasteiger partial charge is 0.503 e. The number of allylic oxidation sites excluding steroid dienone is 1. The Morgan fingerprint density at radius 1 is 1.24 bits per heavy atom. The van der Waals surface area contributed by atoms with E-state index < -0.39 is 5.60 Å². The number of methoxy groups -OCH3 is 3. The lowest BCUT2D eigenvalue weighted by molar-refractivity contribution is 0.0726. The zero-order valence-corrected chi connectivity index (χ0v) is 13.1. The predicted molar refractivity (Wildman–Crippen MR) is 79.2 cm³/mol. The van der Waals surface area contributed by atoms with Crippen molar-refractivity contribution in [1.29, 1.82) is 5.26 Å². The summed E-state index contributed by atoms with van der Waals surface area (Å²) in [6.07, 6.45) is 1.80. The zero-order valence-electron chi connectivity index (χ0n) is 13.1. The normalized spacial score (nSPS) is 11.8. The molecule has 0 fully saturated rings. The second-order valence-corrected chi connectivity index (χ2v) is 5.10. The molecule has 114 valence electrons. The molecule has 1 N–H and O–H groups in total. The van der Waals surface area contributed by atoms with E-state index in [1.165, 1.54) is 27.6 Å². The molecule has 0 saturated heterocycles. The van der Waals surface area contributed by atoms with Gasteiger partial charge in [0.15, 0.2) is 0 Å². The Bertz CT molecular complexity index is 540. The summed E-state index contributed by atoms with van der Waals surface area (Å²) in [5.74, 6) is 1.04. The van der Waals surface area contributed by atoms with Gasteiger partial charge in [-0.3, -0.25) is 0 Å². The lowest BCUT2D eigenvalue weighted by Gasteiger charge is -2.24. The Labute approximate surface area is 125 Å². The van der Waals surface area contributed by atoms with Crippen LogP contribution in [0.15, 0.2) is 24.0 Å². The highest BCUT2D eigenvalue weighted by atomic mass is 16.5. The Hall–Kier alpha value is -2.19. The van der Waals surface area contributed by atoms with E-state index in [2.05, 4.69) is 6.07 Å². The van der Waals surface area contributed by atoms with Crippen LogP contribution < -0.4 is 9.47 Å². The molecular formula is C16H21NO4.